The summed E-state index contributed by atoms with van der Waals surface area (Å²) in [5.74, 6) is 2.16. The molecule has 0 amide bonds. The molecule has 14 heavy (non-hydrogen) atoms. The van der Waals surface area contributed by atoms with Crippen LogP contribution in [-0.4, -0.2) is 0 Å². The quantitative estimate of drug-likeness (QED) is 0.579. The fourth-order valence-electron chi connectivity index (χ4n) is 1.66. The predicted molar refractivity (Wildman–Crippen MR) is 64.3 cm³/mol. The summed E-state index contributed by atoms with van der Waals surface area (Å²) in [4.78, 5) is 0. The molecule has 1 aromatic heterocycles. The normalized spacial score (nSPS) is 11.9. The summed E-state index contributed by atoms with van der Waals surface area (Å²) >= 11 is 0. The fourth-order valence-corrected chi connectivity index (χ4v) is 3.32. The van der Waals surface area contributed by atoms with Crippen molar-refractivity contribution in [2.75, 3.05) is 0 Å². The summed E-state index contributed by atoms with van der Waals surface area (Å²) in [5.41, 5.74) is 10.1. The van der Waals surface area contributed by atoms with Crippen molar-refractivity contribution in [2.45, 2.75) is 51.6 Å². The maximum Gasteiger partial charge on any atom is 0.104 e. The van der Waals surface area contributed by atoms with E-state index in [1.165, 1.54) is 44.7 Å². The van der Waals surface area contributed by atoms with Gasteiger partial charge in [0.2, 0.25) is 0 Å². The van der Waals surface area contributed by atoms with Gasteiger partial charge in [-0.2, -0.15) is 0 Å². The zero-order valence-corrected chi connectivity index (χ0v) is 9.97. The molecule has 1 heterocycles. The molecule has 0 fully saturated rings. The predicted octanol–water partition coefficient (Wildman–Crippen LogP) is 4.73. The molecule has 0 aromatic carbocycles. The van der Waals surface area contributed by atoms with Crippen LogP contribution in [0.3, 0.4) is 0 Å². The molecule has 0 saturated carbocycles. The second-order valence-electron chi connectivity index (χ2n) is 3.83. The van der Waals surface area contributed by atoms with Crippen LogP contribution in [0.1, 0.15) is 45.4 Å². The lowest BCUT2D eigenvalue weighted by Gasteiger charge is -2.00. The minimum atomic E-state index is -0.295. The van der Waals surface area contributed by atoms with Gasteiger partial charge in [0.1, 0.15) is 5.42 Å². The van der Waals surface area contributed by atoms with Gasteiger partial charge in [-0.25, -0.2) is 0 Å². The van der Waals surface area contributed by atoms with Gasteiger partial charge in [-0.3, -0.25) is 0 Å². The zero-order valence-electron chi connectivity index (χ0n) is 9.08. The Bertz CT molecular complexity index is 242. The third-order valence-corrected chi connectivity index (χ3v) is 4.63. The average Bonchev–Trinajstić information content (AvgIpc) is 2.58. The molecule has 2 radical (unpaired) electrons. The topological polar surface area (TPSA) is 22.3 Å². The van der Waals surface area contributed by atoms with Crippen LogP contribution in [0, 0.1) is 0 Å². The van der Waals surface area contributed by atoms with Crippen molar-refractivity contribution in [1.29, 1.82) is 0 Å². The first kappa shape index (κ1) is 11.7. The molecule has 0 aliphatic heterocycles. The van der Waals surface area contributed by atoms with Crippen molar-refractivity contribution in [3.8, 4) is 0 Å². The first-order valence-corrected chi connectivity index (χ1v) is 7.28. The van der Waals surface area contributed by atoms with E-state index in [4.69, 9.17) is 0 Å². The van der Waals surface area contributed by atoms with Gasteiger partial charge in [0.25, 0.3) is 0 Å². The SMILES string of the molecule is CCCCCCCCp1cccc1[N]. The maximum absolute atomic E-state index is 9.46. The molecule has 1 unspecified atom stereocenters. The summed E-state index contributed by atoms with van der Waals surface area (Å²) < 4.78 is 0. The highest BCUT2D eigenvalue weighted by molar-refractivity contribution is 7.51. The van der Waals surface area contributed by atoms with E-state index in [2.05, 4.69) is 12.7 Å². The van der Waals surface area contributed by atoms with E-state index in [-0.39, 0.29) is 7.53 Å². The van der Waals surface area contributed by atoms with Gasteiger partial charge in [0.05, 0.1) is 0 Å². The van der Waals surface area contributed by atoms with Crippen molar-refractivity contribution in [3.05, 3.63) is 17.9 Å². The van der Waals surface area contributed by atoms with Crippen molar-refractivity contribution in [3.63, 3.8) is 0 Å². The number of nitrogens with zero attached hydrogens (tertiary/aromatic N) is 1. The number of rotatable bonds is 7. The highest BCUT2D eigenvalue weighted by Gasteiger charge is 1.99. The Balaban J connectivity index is 2.02. The van der Waals surface area contributed by atoms with Gasteiger partial charge in [0.15, 0.2) is 0 Å². The van der Waals surface area contributed by atoms with E-state index in [0.29, 0.717) is 5.42 Å². The summed E-state index contributed by atoms with van der Waals surface area (Å²) in [5, 5.41) is 0. The molecule has 1 nitrogen and oxygen atoms in total. The molecular formula is C12H20NP. The Morgan fingerprint density at radius 2 is 1.86 bits per heavy atom. The van der Waals surface area contributed by atoms with Gasteiger partial charge in [-0.05, 0) is 24.4 Å². The van der Waals surface area contributed by atoms with Crippen molar-refractivity contribution < 1.29 is 0 Å². The van der Waals surface area contributed by atoms with Crippen molar-refractivity contribution >= 4 is 13.0 Å². The van der Waals surface area contributed by atoms with E-state index in [9.17, 15) is 5.73 Å². The Labute approximate surface area is 88.8 Å². The van der Waals surface area contributed by atoms with Crippen LogP contribution in [0.5, 0.6) is 0 Å². The molecule has 0 aliphatic carbocycles. The fraction of sp³-hybridized carbons (Fsp3) is 0.667. The molecule has 0 aliphatic rings. The molecule has 0 N–H and O–H groups in total. The monoisotopic (exact) mass is 209 g/mol. The molecule has 78 valence electrons. The Morgan fingerprint density at radius 3 is 2.50 bits per heavy atom. The number of unbranched alkanes of at least 4 members (excludes halogenated alkanes) is 5. The van der Waals surface area contributed by atoms with Gasteiger partial charge in [0, 0.05) is 0 Å². The zero-order chi connectivity index (χ0) is 10.2. The van der Waals surface area contributed by atoms with Crippen molar-refractivity contribution in [2.24, 2.45) is 0 Å². The Morgan fingerprint density at radius 1 is 1.14 bits per heavy atom. The van der Waals surface area contributed by atoms with Gasteiger partial charge >= 0.3 is 0 Å². The average molecular weight is 209 g/mol. The Hall–Kier alpha value is -0.420. The smallest absolute Gasteiger partial charge is 0.104 e. The van der Waals surface area contributed by atoms with Crippen LogP contribution in [0.2, 0.25) is 0 Å². The standard InChI is InChI=1S/C12H20NP/c1-2-3-4-5-6-7-10-14-11-8-9-12(14)13/h8-9,11H,2-7,10H2,1H3. The van der Waals surface area contributed by atoms with Crippen LogP contribution in [-0.2, 0) is 6.16 Å². The molecule has 2 heteroatoms. The molecule has 0 spiro atoms. The number of aryl methyl sites for hydroxylation is 1. The van der Waals surface area contributed by atoms with E-state index in [0.717, 1.165) is 0 Å². The highest BCUT2D eigenvalue weighted by atomic mass is 31.1. The summed E-state index contributed by atoms with van der Waals surface area (Å²) in [6.07, 6.45) is 9.23. The van der Waals surface area contributed by atoms with E-state index < -0.39 is 0 Å². The third kappa shape index (κ3) is 4.19. The summed E-state index contributed by atoms with van der Waals surface area (Å²) in [7, 11) is -0.295. The van der Waals surface area contributed by atoms with E-state index in [1.807, 2.05) is 12.1 Å². The molecule has 1 atom stereocenters. The van der Waals surface area contributed by atoms with Crippen LogP contribution >= 0.6 is 7.53 Å². The minimum absolute atomic E-state index is 0.295. The van der Waals surface area contributed by atoms with E-state index in [1.54, 1.807) is 0 Å². The lowest BCUT2D eigenvalue weighted by Crippen LogP contribution is -1.78. The second kappa shape index (κ2) is 6.95. The van der Waals surface area contributed by atoms with Gasteiger partial charge < -0.3 is 0 Å². The molecule has 1 aromatic rings. The first-order valence-electron chi connectivity index (χ1n) is 5.68. The van der Waals surface area contributed by atoms with Crippen LogP contribution in [0.25, 0.3) is 0 Å². The number of hydrogen-bond donors (Lipinski definition) is 0. The molecule has 0 saturated heterocycles. The lowest BCUT2D eigenvalue weighted by molar-refractivity contribution is 0.619. The van der Waals surface area contributed by atoms with E-state index >= 15 is 0 Å². The minimum Gasteiger partial charge on any atom is -0.146 e. The summed E-state index contributed by atoms with van der Waals surface area (Å²) in [6, 6.07) is 3.82. The Kier molecular flexibility index (Phi) is 5.78. The molecule has 1 rings (SSSR count). The van der Waals surface area contributed by atoms with Crippen LogP contribution in [0.4, 0.5) is 5.42 Å². The summed E-state index contributed by atoms with van der Waals surface area (Å²) in [6.45, 7) is 2.25. The number of hydrogen-bond acceptors (Lipinski definition) is 0. The molecular weight excluding hydrogens is 189 g/mol. The van der Waals surface area contributed by atoms with Gasteiger partial charge in [-0.1, -0.05) is 52.6 Å². The van der Waals surface area contributed by atoms with Crippen LogP contribution in [0.15, 0.2) is 17.9 Å². The maximum atomic E-state index is 9.46. The van der Waals surface area contributed by atoms with Crippen LogP contribution < -0.4 is 5.73 Å². The first-order chi connectivity index (χ1) is 6.84. The second-order valence-corrected chi connectivity index (χ2v) is 5.97. The lowest BCUT2D eigenvalue weighted by atomic mass is 10.1. The molecule has 0 bridgehead atoms. The van der Waals surface area contributed by atoms with Crippen molar-refractivity contribution in [1.82, 2.24) is 5.73 Å². The largest absolute Gasteiger partial charge is 0.146 e. The highest BCUT2D eigenvalue weighted by Crippen LogP contribution is 2.39. The third-order valence-electron chi connectivity index (χ3n) is 2.56. The van der Waals surface area contributed by atoms with Gasteiger partial charge in [-0.15, -0.1) is 5.73 Å².